The summed E-state index contributed by atoms with van der Waals surface area (Å²) in [5, 5.41) is 26.1. The summed E-state index contributed by atoms with van der Waals surface area (Å²) in [5.41, 5.74) is 13.3. The van der Waals surface area contributed by atoms with Crippen LogP contribution in [0.25, 0.3) is 0 Å². The van der Waals surface area contributed by atoms with Crippen LogP contribution in [0.5, 0.6) is 0 Å². The first-order valence-electron chi connectivity index (χ1n) is 13.5. The summed E-state index contributed by atoms with van der Waals surface area (Å²) in [6.45, 7) is 0.391. The average Bonchev–Trinajstić information content (AvgIpc) is 2.95. The Morgan fingerprint density at radius 3 is 1.71 bits per heavy atom. The lowest BCUT2D eigenvalue weighted by molar-refractivity contribution is -0.143. The molecule has 222 valence electrons. The van der Waals surface area contributed by atoms with E-state index in [1.54, 1.807) is 30.3 Å². The maximum absolute atomic E-state index is 13.4. The fraction of sp³-hybridized carbons (Fsp3) is 0.414. The van der Waals surface area contributed by atoms with Crippen molar-refractivity contribution >= 4 is 29.7 Å². The Kier molecular flexibility index (Phi) is 14.0. The topological polar surface area (TPSA) is 214 Å². The predicted molar refractivity (Wildman–Crippen MR) is 151 cm³/mol. The second-order valence-corrected chi connectivity index (χ2v) is 9.72. The van der Waals surface area contributed by atoms with E-state index >= 15 is 0 Å². The number of carboxylic acids is 2. The van der Waals surface area contributed by atoms with E-state index in [2.05, 4.69) is 16.0 Å². The smallest absolute Gasteiger partial charge is 0.326 e. The molecule has 12 heteroatoms. The number of rotatable bonds is 18. The van der Waals surface area contributed by atoms with Gasteiger partial charge in [0.15, 0.2) is 0 Å². The van der Waals surface area contributed by atoms with Gasteiger partial charge >= 0.3 is 11.9 Å². The van der Waals surface area contributed by atoms with Gasteiger partial charge in [-0.25, -0.2) is 4.79 Å². The van der Waals surface area contributed by atoms with Crippen LogP contribution in [0.15, 0.2) is 60.7 Å². The average molecular weight is 570 g/mol. The molecule has 0 unspecified atom stereocenters. The van der Waals surface area contributed by atoms with E-state index in [-0.39, 0.29) is 25.7 Å². The van der Waals surface area contributed by atoms with E-state index in [0.717, 1.165) is 5.56 Å². The van der Waals surface area contributed by atoms with Gasteiger partial charge in [-0.2, -0.15) is 0 Å². The van der Waals surface area contributed by atoms with Crippen LogP contribution in [0, 0.1) is 0 Å². The zero-order valence-corrected chi connectivity index (χ0v) is 22.8. The lowest BCUT2D eigenvalue weighted by Gasteiger charge is -2.25. The number of amides is 3. The number of aliphatic carboxylic acids is 2. The molecule has 9 N–H and O–H groups in total. The summed E-state index contributed by atoms with van der Waals surface area (Å²) in [7, 11) is 0. The number of nitrogens with two attached hydrogens (primary N) is 2. The Hall–Kier alpha value is -4.29. The molecule has 2 aromatic carbocycles. The highest BCUT2D eigenvalue weighted by atomic mass is 16.4. The second-order valence-electron chi connectivity index (χ2n) is 9.72. The summed E-state index contributed by atoms with van der Waals surface area (Å²) >= 11 is 0. The third-order valence-corrected chi connectivity index (χ3v) is 6.39. The van der Waals surface area contributed by atoms with Crippen LogP contribution in [0.3, 0.4) is 0 Å². The first-order chi connectivity index (χ1) is 19.6. The molecule has 12 nitrogen and oxygen atoms in total. The number of nitrogens with one attached hydrogen (secondary N) is 3. The minimum absolute atomic E-state index is 0.0284. The number of carboxylic acid groups (broad SMARTS) is 2. The zero-order valence-electron chi connectivity index (χ0n) is 22.8. The summed E-state index contributed by atoms with van der Waals surface area (Å²) in [4.78, 5) is 62.1. The van der Waals surface area contributed by atoms with Crippen LogP contribution in [-0.4, -0.2) is 70.6 Å². The summed E-state index contributed by atoms with van der Waals surface area (Å²) in [6, 6.07) is 13.3. The number of hydrogen-bond acceptors (Lipinski definition) is 7. The number of unbranched alkanes of at least 4 members (excludes halogenated alkanes) is 1. The minimum Gasteiger partial charge on any atom is -0.481 e. The Morgan fingerprint density at radius 2 is 1.17 bits per heavy atom. The molecule has 3 amide bonds. The molecule has 4 atom stereocenters. The van der Waals surface area contributed by atoms with Crippen molar-refractivity contribution in [3.8, 4) is 0 Å². The SMILES string of the molecule is NCCCC[C@H](NC(=O)[C@@H](N)Cc1ccccc1)C(=O)N[C@@H](Cc1ccccc1)C(=O)N[C@@H](CCC(=O)O)C(=O)O. The molecule has 0 spiro atoms. The van der Waals surface area contributed by atoms with Gasteiger partial charge in [0, 0.05) is 12.8 Å². The third kappa shape index (κ3) is 12.2. The van der Waals surface area contributed by atoms with Crippen molar-refractivity contribution in [3.05, 3.63) is 71.8 Å². The van der Waals surface area contributed by atoms with Crippen molar-refractivity contribution in [2.75, 3.05) is 6.54 Å². The van der Waals surface area contributed by atoms with E-state index in [1.165, 1.54) is 0 Å². The van der Waals surface area contributed by atoms with Gasteiger partial charge in [0.05, 0.1) is 6.04 Å². The molecular formula is C29H39N5O7. The van der Waals surface area contributed by atoms with E-state index < -0.39 is 60.2 Å². The molecule has 0 aliphatic heterocycles. The van der Waals surface area contributed by atoms with Crippen molar-refractivity contribution in [2.45, 2.75) is 69.1 Å². The molecule has 2 aromatic rings. The lowest BCUT2D eigenvalue weighted by atomic mass is 10.0. The van der Waals surface area contributed by atoms with Gasteiger partial charge in [-0.15, -0.1) is 0 Å². The fourth-order valence-corrected chi connectivity index (χ4v) is 4.13. The largest absolute Gasteiger partial charge is 0.481 e. The minimum atomic E-state index is -1.47. The monoisotopic (exact) mass is 569 g/mol. The normalized spacial score (nSPS) is 13.7. The van der Waals surface area contributed by atoms with E-state index in [9.17, 15) is 29.1 Å². The molecule has 0 aliphatic carbocycles. The molecule has 0 fully saturated rings. The van der Waals surface area contributed by atoms with Crippen LogP contribution in [0.2, 0.25) is 0 Å². The van der Waals surface area contributed by atoms with E-state index in [4.69, 9.17) is 16.6 Å². The van der Waals surface area contributed by atoms with Crippen molar-refractivity contribution in [1.29, 1.82) is 0 Å². The molecule has 0 radical (unpaired) electrons. The molecule has 0 aliphatic rings. The molecule has 2 rings (SSSR count). The Balaban J connectivity index is 2.20. The number of hydrogen-bond donors (Lipinski definition) is 7. The maximum atomic E-state index is 13.4. The third-order valence-electron chi connectivity index (χ3n) is 6.39. The molecule has 0 heterocycles. The van der Waals surface area contributed by atoms with Gasteiger partial charge in [-0.05, 0) is 49.8 Å². The van der Waals surface area contributed by atoms with E-state index in [0.29, 0.717) is 24.9 Å². The van der Waals surface area contributed by atoms with Crippen LogP contribution in [-0.2, 0) is 36.8 Å². The molecule has 0 aromatic heterocycles. The second kappa shape index (κ2) is 17.4. The predicted octanol–water partition coefficient (Wildman–Crippen LogP) is 0.332. The van der Waals surface area contributed by atoms with Crippen LogP contribution in [0.4, 0.5) is 0 Å². The summed E-state index contributed by atoms with van der Waals surface area (Å²) < 4.78 is 0. The van der Waals surface area contributed by atoms with Crippen molar-refractivity contribution in [1.82, 2.24) is 16.0 Å². The summed E-state index contributed by atoms with van der Waals surface area (Å²) in [5.74, 6) is -4.58. The Labute approximate surface area is 238 Å². The number of carbonyl (C=O) groups excluding carboxylic acids is 3. The molecule has 0 saturated heterocycles. The molecular weight excluding hydrogens is 530 g/mol. The highest BCUT2D eigenvalue weighted by Gasteiger charge is 2.30. The molecule has 41 heavy (non-hydrogen) atoms. The van der Waals surface area contributed by atoms with Crippen molar-refractivity contribution in [3.63, 3.8) is 0 Å². The highest BCUT2D eigenvalue weighted by molar-refractivity contribution is 5.94. The lowest BCUT2D eigenvalue weighted by Crippen LogP contribution is -2.57. The first-order valence-corrected chi connectivity index (χ1v) is 13.5. The fourth-order valence-electron chi connectivity index (χ4n) is 4.13. The zero-order chi connectivity index (χ0) is 30.2. The Bertz CT molecular complexity index is 1150. The summed E-state index contributed by atoms with van der Waals surface area (Å²) in [6.07, 6.45) is 0.854. The van der Waals surface area contributed by atoms with Gasteiger partial charge in [0.1, 0.15) is 18.1 Å². The number of benzene rings is 2. The van der Waals surface area contributed by atoms with Crippen LogP contribution >= 0.6 is 0 Å². The first kappa shape index (κ1) is 32.9. The van der Waals surface area contributed by atoms with Gasteiger partial charge in [-0.1, -0.05) is 60.7 Å². The van der Waals surface area contributed by atoms with Gasteiger partial charge in [0.25, 0.3) is 0 Å². The van der Waals surface area contributed by atoms with Gasteiger partial charge in [0.2, 0.25) is 17.7 Å². The highest BCUT2D eigenvalue weighted by Crippen LogP contribution is 2.09. The Morgan fingerprint density at radius 1 is 0.659 bits per heavy atom. The number of carbonyl (C=O) groups is 5. The standard InChI is InChI=1S/C29H39N5O7/c30-16-8-7-13-22(32-26(37)21(31)17-19-9-3-1-4-10-19)27(38)34-24(18-20-11-5-2-6-12-20)28(39)33-23(29(40)41)14-15-25(35)36/h1-6,9-12,21-24H,7-8,13-18,30-31H2,(H,32,37)(H,33,39)(H,34,38)(H,35,36)(H,40,41)/t21-,22-,23-,24-/m0/s1. The molecule has 0 bridgehead atoms. The van der Waals surface area contributed by atoms with Crippen LogP contribution in [0.1, 0.15) is 43.2 Å². The van der Waals surface area contributed by atoms with Crippen LogP contribution < -0.4 is 27.4 Å². The van der Waals surface area contributed by atoms with Gasteiger partial charge in [-0.3, -0.25) is 19.2 Å². The maximum Gasteiger partial charge on any atom is 0.326 e. The quantitative estimate of drug-likeness (QED) is 0.123. The molecule has 0 saturated carbocycles. The van der Waals surface area contributed by atoms with Crippen molar-refractivity contribution < 1.29 is 34.2 Å². The van der Waals surface area contributed by atoms with Gasteiger partial charge < -0.3 is 37.6 Å². The van der Waals surface area contributed by atoms with Crippen molar-refractivity contribution in [2.24, 2.45) is 11.5 Å². The van der Waals surface area contributed by atoms with E-state index in [1.807, 2.05) is 30.3 Å².